The van der Waals surface area contributed by atoms with Crippen LogP contribution in [0.5, 0.6) is 17.2 Å². The molecule has 3 rings (SSSR count). The van der Waals surface area contributed by atoms with Crippen molar-refractivity contribution in [3.63, 3.8) is 0 Å². The van der Waals surface area contributed by atoms with Crippen LogP contribution in [0.25, 0.3) is 11.0 Å². The molecule has 6 nitrogen and oxygen atoms in total. The van der Waals surface area contributed by atoms with E-state index in [9.17, 15) is 9.59 Å². The Hall–Kier alpha value is -3.28. The van der Waals surface area contributed by atoms with Crippen LogP contribution in [-0.4, -0.2) is 19.2 Å². The van der Waals surface area contributed by atoms with E-state index in [0.717, 1.165) is 12.0 Å². The molecule has 1 heterocycles. The molecule has 0 N–H and O–H groups in total. The van der Waals surface area contributed by atoms with Gasteiger partial charge in [0.2, 0.25) is 11.2 Å². The van der Waals surface area contributed by atoms with E-state index >= 15 is 0 Å². The molecular formula is C21H20O6. The first-order valence-corrected chi connectivity index (χ1v) is 8.59. The molecule has 2 aromatic carbocycles. The highest BCUT2D eigenvalue weighted by Gasteiger charge is 2.16. The predicted molar refractivity (Wildman–Crippen MR) is 100 cm³/mol. The summed E-state index contributed by atoms with van der Waals surface area (Å²) >= 11 is 0. The van der Waals surface area contributed by atoms with Gasteiger partial charge in [-0.1, -0.05) is 25.1 Å². The van der Waals surface area contributed by atoms with E-state index in [1.807, 2.05) is 31.2 Å². The monoisotopic (exact) mass is 368 g/mol. The normalized spacial score (nSPS) is 11.8. The van der Waals surface area contributed by atoms with Gasteiger partial charge in [-0.05, 0) is 37.1 Å². The van der Waals surface area contributed by atoms with Crippen LogP contribution in [0.1, 0.15) is 19.4 Å². The average molecular weight is 368 g/mol. The van der Waals surface area contributed by atoms with E-state index in [-0.39, 0.29) is 11.2 Å². The number of para-hydroxylation sites is 1. The van der Waals surface area contributed by atoms with Crippen molar-refractivity contribution in [1.29, 1.82) is 0 Å². The molecule has 0 saturated heterocycles. The van der Waals surface area contributed by atoms with Crippen molar-refractivity contribution in [3.05, 3.63) is 64.5 Å². The number of esters is 1. The molecule has 1 aromatic heterocycles. The standard InChI is InChI=1S/C21H20O6/c1-4-14-7-5-6-8-17(14)27-19-12-25-18-11-15(9-10-16(18)20(19)22)26-13(2)21(23)24-3/h5-13H,4H2,1-3H3. The highest BCUT2D eigenvalue weighted by atomic mass is 16.6. The Bertz CT molecular complexity index is 1020. The van der Waals surface area contributed by atoms with Crippen LogP contribution in [0.3, 0.4) is 0 Å². The lowest BCUT2D eigenvalue weighted by molar-refractivity contribution is -0.147. The summed E-state index contributed by atoms with van der Waals surface area (Å²) in [5, 5.41) is 0.361. The maximum Gasteiger partial charge on any atom is 0.346 e. The Balaban J connectivity index is 1.90. The second-order valence-corrected chi connectivity index (χ2v) is 5.93. The number of hydrogen-bond acceptors (Lipinski definition) is 6. The summed E-state index contributed by atoms with van der Waals surface area (Å²) in [6.45, 7) is 3.59. The number of carbonyl (C=O) groups excluding carboxylic acids is 1. The fourth-order valence-corrected chi connectivity index (χ4v) is 2.67. The van der Waals surface area contributed by atoms with Gasteiger partial charge in [0, 0.05) is 6.07 Å². The number of rotatable bonds is 6. The summed E-state index contributed by atoms with van der Waals surface area (Å²) in [6, 6.07) is 12.3. The zero-order valence-electron chi connectivity index (χ0n) is 15.4. The summed E-state index contributed by atoms with van der Waals surface area (Å²) in [5.74, 6) is 0.641. The van der Waals surface area contributed by atoms with Crippen LogP contribution in [0.4, 0.5) is 0 Å². The van der Waals surface area contributed by atoms with E-state index in [1.54, 1.807) is 25.1 Å². The van der Waals surface area contributed by atoms with Gasteiger partial charge < -0.3 is 18.6 Å². The van der Waals surface area contributed by atoms with Crippen molar-refractivity contribution in [3.8, 4) is 17.2 Å². The third kappa shape index (κ3) is 3.95. The Kier molecular flexibility index (Phi) is 5.45. The van der Waals surface area contributed by atoms with Crippen LogP contribution < -0.4 is 14.9 Å². The van der Waals surface area contributed by atoms with E-state index in [4.69, 9.17) is 13.9 Å². The van der Waals surface area contributed by atoms with Gasteiger partial charge in [0.15, 0.2) is 6.10 Å². The second-order valence-electron chi connectivity index (χ2n) is 5.93. The zero-order chi connectivity index (χ0) is 19.4. The van der Waals surface area contributed by atoms with E-state index < -0.39 is 12.1 Å². The van der Waals surface area contributed by atoms with Crippen LogP contribution in [-0.2, 0) is 16.0 Å². The van der Waals surface area contributed by atoms with Crippen LogP contribution in [0.2, 0.25) is 0 Å². The number of hydrogen-bond donors (Lipinski definition) is 0. The van der Waals surface area contributed by atoms with E-state index in [2.05, 4.69) is 4.74 Å². The van der Waals surface area contributed by atoms with Gasteiger partial charge in [-0.15, -0.1) is 0 Å². The second kappa shape index (κ2) is 7.95. The zero-order valence-corrected chi connectivity index (χ0v) is 15.4. The molecule has 27 heavy (non-hydrogen) atoms. The quantitative estimate of drug-likeness (QED) is 0.610. The maximum atomic E-state index is 12.7. The molecule has 0 saturated carbocycles. The van der Waals surface area contributed by atoms with Gasteiger partial charge in [0.05, 0.1) is 12.5 Å². The highest BCUT2D eigenvalue weighted by molar-refractivity contribution is 5.79. The van der Waals surface area contributed by atoms with Gasteiger partial charge in [0.1, 0.15) is 23.3 Å². The number of methoxy groups -OCH3 is 1. The first kappa shape index (κ1) is 18.5. The van der Waals surface area contributed by atoms with Crippen molar-refractivity contribution < 1.29 is 23.4 Å². The van der Waals surface area contributed by atoms with Gasteiger partial charge in [-0.3, -0.25) is 4.79 Å². The highest BCUT2D eigenvalue weighted by Crippen LogP contribution is 2.26. The van der Waals surface area contributed by atoms with Crippen molar-refractivity contribution in [1.82, 2.24) is 0 Å². The lowest BCUT2D eigenvalue weighted by Crippen LogP contribution is -2.24. The number of aryl methyl sites for hydroxylation is 1. The summed E-state index contributed by atoms with van der Waals surface area (Å²) < 4.78 is 21.5. The van der Waals surface area contributed by atoms with Crippen molar-refractivity contribution >= 4 is 16.9 Å². The summed E-state index contributed by atoms with van der Waals surface area (Å²) in [5.41, 5.74) is 1.05. The molecule has 0 aliphatic rings. The van der Waals surface area contributed by atoms with Gasteiger partial charge >= 0.3 is 5.97 Å². The van der Waals surface area contributed by atoms with Gasteiger partial charge in [-0.25, -0.2) is 4.79 Å². The van der Waals surface area contributed by atoms with Crippen LogP contribution >= 0.6 is 0 Å². The molecule has 1 unspecified atom stereocenters. The summed E-state index contributed by atoms with van der Waals surface area (Å²) in [4.78, 5) is 24.2. The first-order valence-electron chi connectivity index (χ1n) is 8.59. The minimum Gasteiger partial charge on any atom is -0.479 e. The fraction of sp³-hybridized carbons (Fsp3) is 0.238. The molecule has 1 atom stereocenters. The Morgan fingerprint density at radius 3 is 2.67 bits per heavy atom. The number of carbonyl (C=O) groups is 1. The molecule has 6 heteroatoms. The largest absolute Gasteiger partial charge is 0.479 e. The average Bonchev–Trinajstić information content (AvgIpc) is 2.69. The smallest absolute Gasteiger partial charge is 0.346 e. The minimum absolute atomic E-state index is 0.111. The minimum atomic E-state index is -0.771. The van der Waals surface area contributed by atoms with Crippen LogP contribution in [0, 0.1) is 0 Å². The molecule has 0 fully saturated rings. The lowest BCUT2D eigenvalue weighted by atomic mass is 10.1. The Morgan fingerprint density at radius 2 is 1.93 bits per heavy atom. The number of fused-ring (bicyclic) bond motifs is 1. The molecule has 0 aliphatic carbocycles. The Morgan fingerprint density at radius 1 is 1.15 bits per heavy atom. The van der Waals surface area contributed by atoms with Crippen LogP contribution in [0.15, 0.2) is 57.9 Å². The maximum absolute atomic E-state index is 12.7. The first-order chi connectivity index (χ1) is 13.0. The molecule has 3 aromatic rings. The van der Waals surface area contributed by atoms with Gasteiger partial charge in [-0.2, -0.15) is 0 Å². The molecule has 0 bridgehead atoms. The third-order valence-electron chi connectivity index (χ3n) is 4.13. The predicted octanol–water partition coefficient (Wildman–Crippen LogP) is 4.09. The SMILES string of the molecule is CCc1ccccc1Oc1coc2cc(OC(C)C(=O)OC)ccc2c1=O. The fourth-order valence-electron chi connectivity index (χ4n) is 2.67. The van der Waals surface area contributed by atoms with Crippen molar-refractivity contribution in [2.24, 2.45) is 0 Å². The van der Waals surface area contributed by atoms with E-state index in [0.29, 0.717) is 22.5 Å². The van der Waals surface area contributed by atoms with E-state index in [1.165, 1.54) is 13.4 Å². The molecule has 140 valence electrons. The molecular weight excluding hydrogens is 348 g/mol. The molecule has 0 aliphatic heterocycles. The van der Waals surface area contributed by atoms with Crippen molar-refractivity contribution in [2.75, 3.05) is 7.11 Å². The summed E-state index contributed by atoms with van der Waals surface area (Å²) in [6.07, 6.45) is 1.30. The number of benzene rings is 2. The molecule has 0 radical (unpaired) electrons. The number of ether oxygens (including phenoxy) is 3. The topological polar surface area (TPSA) is 75.0 Å². The van der Waals surface area contributed by atoms with Crippen molar-refractivity contribution in [2.45, 2.75) is 26.4 Å². The lowest BCUT2D eigenvalue weighted by Gasteiger charge is -2.13. The summed E-state index contributed by atoms with van der Waals surface area (Å²) in [7, 11) is 1.29. The Labute approximate surface area is 156 Å². The third-order valence-corrected chi connectivity index (χ3v) is 4.13. The van der Waals surface area contributed by atoms with Gasteiger partial charge in [0.25, 0.3) is 0 Å². The molecule has 0 spiro atoms. The molecule has 0 amide bonds.